The van der Waals surface area contributed by atoms with Gasteiger partial charge in [-0.25, -0.2) is 0 Å². The summed E-state index contributed by atoms with van der Waals surface area (Å²) in [6, 6.07) is 0. The molecule has 2 saturated heterocycles. The number of aliphatic imine (C=N–C) groups is 1. The van der Waals surface area contributed by atoms with Crippen LogP contribution < -0.4 is 5.32 Å². The fourth-order valence-electron chi connectivity index (χ4n) is 4.88. The van der Waals surface area contributed by atoms with E-state index in [4.69, 9.17) is 4.74 Å². The first-order valence-electron chi connectivity index (χ1n) is 9.99. The number of nitrogens with one attached hydrogen (secondary N) is 1. The molecule has 25 heavy (non-hydrogen) atoms. The Hall–Kier alpha value is -0.0800. The number of halogens is 1. The topological polar surface area (TPSA) is 40.1 Å². The Kier molecular flexibility index (Phi) is 8.75. The first-order chi connectivity index (χ1) is 11.7. The molecule has 3 fully saturated rings. The molecule has 0 amide bonds. The van der Waals surface area contributed by atoms with Gasteiger partial charge in [-0.05, 0) is 44.9 Å². The summed E-state index contributed by atoms with van der Waals surface area (Å²) in [6.07, 6.45) is 7.59. The highest BCUT2D eigenvalue weighted by Crippen LogP contribution is 2.35. The highest BCUT2D eigenvalue weighted by Gasteiger charge is 2.35. The van der Waals surface area contributed by atoms with Gasteiger partial charge in [-0.3, -0.25) is 9.89 Å². The monoisotopic (exact) mass is 464 g/mol. The summed E-state index contributed by atoms with van der Waals surface area (Å²) in [5.41, 5.74) is 0. The minimum atomic E-state index is 0. The molecule has 2 aliphatic heterocycles. The van der Waals surface area contributed by atoms with Crippen LogP contribution in [0.15, 0.2) is 4.99 Å². The van der Waals surface area contributed by atoms with E-state index in [0.717, 1.165) is 44.0 Å². The first-order valence-corrected chi connectivity index (χ1v) is 9.99. The van der Waals surface area contributed by atoms with E-state index >= 15 is 0 Å². The standard InChI is InChI=1S/C19H36N4O.HI/c1-15-11-22(12-16(2)24-15)10-6-9-21-19(20-3)23-13-17-7-4-5-8-18(17)14-23;/h15-18H,4-14H2,1-3H3,(H,20,21);1H. The van der Waals surface area contributed by atoms with Crippen molar-refractivity contribution in [2.24, 2.45) is 16.8 Å². The summed E-state index contributed by atoms with van der Waals surface area (Å²) in [6.45, 7) is 11.1. The van der Waals surface area contributed by atoms with E-state index in [1.807, 2.05) is 7.05 Å². The molecule has 0 spiro atoms. The Balaban J connectivity index is 0.00000225. The molecular weight excluding hydrogens is 427 g/mol. The molecular formula is C19H37IN4O. The highest BCUT2D eigenvalue weighted by molar-refractivity contribution is 14.0. The zero-order chi connectivity index (χ0) is 16.9. The number of rotatable bonds is 4. The van der Waals surface area contributed by atoms with Gasteiger partial charge < -0.3 is 15.0 Å². The number of fused-ring (bicyclic) bond motifs is 1. The van der Waals surface area contributed by atoms with E-state index in [1.54, 1.807) is 0 Å². The lowest BCUT2D eigenvalue weighted by Crippen LogP contribution is -2.46. The Bertz CT molecular complexity index is 410. The van der Waals surface area contributed by atoms with Gasteiger partial charge in [-0.15, -0.1) is 24.0 Å². The fraction of sp³-hybridized carbons (Fsp3) is 0.947. The van der Waals surface area contributed by atoms with Crippen LogP contribution in [0.4, 0.5) is 0 Å². The van der Waals surface area contributed by atoms with Gasteiger partial charge in [0.2, 0.25) is 0 Å². The molecule has 0 aromatic heterocycles. The van der Waals surface area contributed by atoms with Crippen LogP contribution in [0.25, 0.3) is 0 Å². The quantitative estimate of drug-likeness (QED) is 0.301. The van der Waals surface area contributed by atoms with Crippen LogP contribution in [0.5, 0.6) is 0 Å². The van der Waals surface area contributed by atoms with Crippen molar-refractivity contribution in [3.8, 4) is 0 Å². The second kappa shape index (κ2) is 10.3. The van der Waals surface area contributed by atoms with Crippen LogP contribution in [-0.4, -0.2) is 74.3 Å². The van der Waals surface area contributed by atoms with E-state index in [9.17, 15) is 0 Å². The summed E-state index contributed by atoms with van der Waals surface area (Å²) in [7, 11) is 1.93. The van der Waals surface area contributed by atoms with Crippen LogP contribution in [0.1, 0.15) is 46.0 Å². The van der Waals surface area contributed by atoms with Crippen LogP contribution in [0.2, 0.25) is 0 Å². The third-order valence-corrected chi connectivity index (χ3v) is 5.92. The molecule has 3 rings (SSSR count). The molecule has 5 nitrogen and oxygen atoms in total. The number of likely N-dealkylation sites (tertiary alicyclic amines) is 1. The molecule has 3 aliphatic rings. The largest absolute Gasteiger partial charge is 0.373 e. The van der Waals surface area contributed by atoms with Gasteiger partial charge in [-0.1, -0.05) is 12.8 Å². The number of nitrogens with zero attached hydrogens (tertiary/aromatic N) is 3. The lowest BCUT2D eigenvalue weighted by molar-refractivity contribution is -0.0679. The zero-order valence-corrected chi connectivity index (χ0v) is 18.6. The molecule has 4 unspecified atom stereocenters. The Morgan fingerprint density at radius 2 is 1.64 bits per heavy atom. The third-order valence-electron chi connectivity index (χ3n) is 5.92. The van der Waals surface area contributed by atoms with Crippen LogP contribution in [0, 0.1) is 11.8 Å². The third kappa shape index (κ3) is 5.96. The van der Waals surface area contributed by atoms with Crippen molar-refractivity contribution in [1.29, 1.82) is 0 Å². The highest BCUT2D eigenvalue weighted by atomic mass is 127. The summed E-state index contributed by atoms with van der Waals surface area (Å²) in [4.78, 5) is 9.57. The average Bonchev–Trinajstić information content (AvgIpc) is 2.97. The van der Waals surface area contributed by atoms with Crippen molar-refractivity contribution in [2.45, 2.75) is 58.2 Å². The van der Waals surface area contributed by atoms with Gasteiger partial charge in [0.1, 0.15) is 0 Å². The minimum Gasteiger partial charge on any atom is -0.373 e. The molecule has 6 heteroatoms. The van der Waals surface area contributed by atoms with Gasteiger partial charge in [0, 0.05) is 46.3 Å². The predicted molar refractivity (Wildman–Crippen MR) is 115 cm³/mol. The van der Waals surface area contributed by atoms with Crippen molar-refractivity contribution < 1.29 is 4.74 Å². The van der Waals surface area contributed by atoms with Crippen LogP contribution in [0.3, 0.4) is 0 Å². The smallest absolute Gasteiger partial charge is 0.193 e. The predicted octanol–water partition coefficient (Wildman–Crippen LogP) is 2.80. The molecule has 4 atom stereocenters. The van der Waals surface area contributed by atoms with E-state index in [2.05, 4.69) is 34.0 Å². The Morgan fingerprint density at radius 1 is 1.04 bits per heavy atom. The van der Waals surface area contributed by atoms with Crippen molar-refractivity contribution in [3.63, 3.8) is 0 Å². The SMILES string of the molecule is CN=C(NCCCN1CC(C)OC(C)C1)N1CC2CCCCC2C1.I. The summed E-state index contributed by atoms with van der Waals surface area (Å²) in [5, 5.41) is 3.60. The van der Waals surface area contributed by atoms with Crippen molar-refractivity contribution >= 4 is 29.9 Å². The molecule has 1 saturated carbocycles. The Morgan fingerprint density at radius 3 is 2.20 bits per heavy atom. The lowest BCUT2D eigenvalue weighted by Gasteiger charge is -2.35. The first kappa shape index (κ1) is 21.2. The zero-order valence-electron chi connectivity index (χ0n) is 16.2. The molecule has 1 aliphatic carbocycles. The fourth-order valence-corrected chi connectivity index (χ4v) is 4.88. The van der Waals surface area contributed by atoms with Gasteiger partial charge in [-0.2, -0.15) is 0 Å². The van der Waals surface area contributed by atoms with Crippen molar-refractivity contribution in [3.05, 3.63) is 0 Å². The van der Waals surface area contributed by atoms with E-state index in [1.165, 1.54) is 45.2 Å². The van der Waals surface area contributed by atoms with Gasteiger partial charge in [0.25, 0.3) is 0 Å². The summed E-state index contributed by atoms with van der Waals surface area (Å²) >= 11 is 0. The molecule has 146 valence electrons. The number of morpholine rings is 1. The molecule has 0 bridgehead atoms. The van der Waals surface area contributed by atoms with Crippen LogP contribution >= 0.6 is 24.0 Å². The maximum Gasteiger partial charge on any atom is 0.193 e. The molecule has 1 N–H and O–H groups in total. The second-order valence-corrected chi connectivity index (χ2v) is 8.05. The number of guanidine groups is 1. The van der Waals surface area contributed by atoms with Gasteiger partial charge in [0.05, 0.1) is 12.2 Å². The van der Waals surface area contributed by atoms with Crippen LogP contribution in [-0.2, 0) is 4.74 Å². The molecule has 0 radical (unpaired) electrons. The van der Waals surface area contributed by atoms with Gasteiger partial charge >= 0.3 is 0 Å². The second-order valence-electron chi connectivity index (χ2n) is 8.05. The van der Waals surface area contributed by atoms with Crippen molar-refractivity contribution in [2.75, 3.05) is 46.3 Å². The normalized spacial score (nSPS) is 33.7. The number of hydrogen-bond acceptors (Lipinski definition) is 3. The maximum absolute atomic E-state index is 5.81. The number of hydrogen-bond donors (Lipinski definition) is 1. The minimum absolute atomic E-state index is 0. The van der Waals surface area contributed by atoms with Crippen molar-refractivity contribution in [1.82, 2.24) is 15.1 Å². The number of ether oxygens (including phenoxy) is 1. The average molecular weight is 464 g/mol. The van der Waals surface area contributed by atoms with E-state index in [0.29, 0.717) is 12.2 Å². The molecule has 0 aromatic rings. The lowest BCUT2D eigenvalue weighted by atomic mass is 9.82. The Labute approximate surface area is 171 Å². The summed E-state index contributed by atoms with van der Waals surface area (Å²) in [5.74, 6) is 2.94. The van der Waals surface area contributed by atoms with E-state index < -0.39 is 0 Å². The van der Waals surface area contributed by atoms with Gasteiger partial charge in [0.15, 0.2) is 5.96 Å². The molecule has 2 heterocycles. The maximum atomic E-state index is 5.81. The van der Waals surface area contributed by atoms with E-state index in [-0.39, 0.29) is 24.0 Å². The summed E-state index contributed by atoms with van der Waals surface area (Å²) < 4.78 is 5.81. The molecule has 0 aromatic carbocycles.